The Hall–Kier alpha value is 0.150. The molecule has 1 aromatic heterocycles. The van der Waals surface area contributed by atoms with Gasteiger partial charge in [-0.15, -0.1) is 23.7 Å². The van der Waals surface area contributed by atoms with Crippen LogP contribution in [0.15, 0.2) is 10.3 Å². The first-order chi connectivity index (χ1) is 8.49. The van der Waals surface area contributed by atoms with Gasteiger partial charge in [-0.2, -0.15) is 0 Å². The molecule has 2 heterocycles. The van der Waals surface area contributed by atoms with E-state index in [1.54, 1.807) is 6.07 Å². The Morgan fingerprint density at radius 2 is 2.32 bits per heavy atom. The predicted molar refractivity (Wildman–Crippen MR) is 82.1 cm³/mol. The number of sulfonamides is 1. The molecule has 1 unspecified atom stereocenters. The van der Waals surface area contributed by atoms with E-state index in [4.69, 9.17) is 11.6 Å². The summed E-state index contributed by atoms with van der Waals surface area (Å²) in [5.74, 6) is 0.585. The van der Waals surface area contributed by atoms with Crippen LogP contribution >= 0.6 is 35.3 Å². The van der Waals surface area contributed by atoms with E-state index in [-0.39, 0.29) is 12.4 Å². The van der Waals surface area contributed by atoms with Crippen LogP contribution in [-0.4, -0.2) is 28.1 Å². The van der Waals surface area contributed by atoms with Crippen LogP contribution < -0.4 is 10.0 Å². The molecular weight excluding hydrogens is 327 g/mol. The first kappa shape index (κ1) is 17.2. The molecule has 0 spiro atoms. The Balaban J connectivity index is 0.00000180. The van der Waals surface area contributed by atoms with Gasteiger partial charge in [0.25, 0.3) is 0 Å². The van der Waals surface area contributed by atoms with Gasteiger partial charge in [-0.3, -0.25) is 0 Å². The van der Waals surface area contributed by atoms with E-state index in [9.17, 15) is 8.42 Å². The molecule has 19 heavy (non-hydrogen) atoms. The predicted octanol–water partition coefficient (Wildman–Crippen LogP) is 2.41. The molecule has 0 aliphatic carbocycles. The molecule has 0 radical (unpaired) electrons. The summed E-state index contributed by atoms with van der Waals surface area (Å²) in [5, 5.41) is 3.27. The monoisotopic (exact) mass is 344 g/mol. The second-order valence-electron chi connectivity index (χ2n) is 4.57. The number of thiophene rings is 1. The maximum Gasteiger partial charge on any atom is 0.250 e. The van der Waals surface area contributed by atoms with Crippen LogP contribution in [0.1, 0.15) is 18.4 Å². The van der Waals surface area contributed by atoms with Crippen molar-refractivity contribution < 1.29 is 8.42 Å². The summed E-state index contributed by atoms with van der Waals surface area (Å²) in [7, 11) is -3.39. The molecule has 1 aliphatic rings. The summed E-state index contributed by atoms with van der Waals surface area (Å²) in [5.41, 5.74) is 0.807. The summed E-state index contributed by atoms with van der Waals surface area (Å²) >= 11 is 7.00. The van der Waals surface area contributed by atoms with E-state index in [0.717, 1.165) is 42.8 Å². The van der Waals surface area contributed by atoms with E-state index in [1.807, 2.05) is 6.92 Å². The molecule has 1 fully saturated rings. The number of halogens is 2. The van der Waals surface area contributed by atoms with Crippen LogP contribution in [0.2, 0.25) is 4.34 Å². The van der Waals surface area contributed by atoms with Crippen molar-refractivity contribution in [2.75, 3.05) is 19.6 Å². The van der Waals surface area contributed by atoms with Crippen molar-refractivity contribution in [3.05, 3.63) is 16.0 Å². The fraction of sp³-hybridized carbons (Fsp3) is 0.636. The standard InChI is InChI=1S/C11H17ClN2O2S2.ClH/c1-8-6-10(17-11(8)12)18(15,16)14-5-3-9-2-4-13-7-9;/h6,9,13-14H,2-5,7H2,1H3;1H. The first-order valence-corrected chi connectivity index (χ1v) is 8.63. The fourth-order valence-corrected chi connectivity index (χ4v) is 4.79. The van der Waals surface area contributed by atoms with Crippen LogP contribution in [0.3, 0.4) is 0 Å². The Kier molecular flexibility index (Phi) is 6.56. The maximum absolute atomic E-state index is 12.0. The minimum Gasteiger partial charge on any atom is -0.316 e. The second kappa shape index (κ2) is 7.24. The van der Waals surface area contributed by atoms with Gasteiger partial charge >= 0.3 is 0 Å². The van der Waals surface area contributed by atoms with E-state index in [1.165, 1.54) is 0 Å². The lowest BCUT2D eigenvalue weighted by atomic mass is 10.1. The van der Waals surface area contributed by atoms with E-state index < -0.39 is 10.0 Å². The Bertz CT molecular complexity index is 491. The van der Waals surface area contributed by atoms with Gasteiger partial charge in [0.15, 0.2) is 0 Å². The van der Waals surface area contributed by atoms with Crippen LogP contribution in [-0.2, 0) is 10.0 Å². The van der Waals surface area contributed by atoms with E-state index >= 15 is 0 Å². The molecule has 2 N–H and O–H groups in total. The number of aryl methyl sites for hydroxylation is 1. The van der Waals surface area contributed by atoms with Crippen molar-refractivity contribution in [2.24, 2.45) is 5.92 Å². The van der Waals surface area contributed by atoms with Crippen LogP contribution in [0.4, 0.5) is 0 Å². The van der Waals surface area contributed by atoms with Crippen LogP contribution in [0.25, 0.3) is 0 Å². The molecule has 0 amide bonds. The lowest BCUT2D eigenvalue weighted by molar-refractivity contribution is 0.520. The third-order valence-corrected chi connectivity index (χ3v) is 6.60. The lowest BCUT2D eigenvalue weighted by Gasteiger charge is -2.08. The molecule has 1 saturated heterocycles. The smallest absolute Gasteiger partial charge is 0.250 e. The molecule has 0 bridgehead atoms. The molecule has 1 aliphatic heterocycles. The van der Waals surface area contributed by atoms with Crippen molar-refractivity contribution in [2.45, 2.75) is 24.0 Å². The Labute approximate surface area is 129 Å². The minimum absolute atomic E-state index is 0. The molecule has 1 aromatic rings. The van der Waals surface area contributed by atoms with Gasteiger partial charge in [-0.1, -0.05) is 11.6 Å². The zero-order valence-electron chi connectivity index (χ0n) is 10.6. The van der Waals surface area contributed by atoms with Gasteiger partial charge in [0.1, 0.15) is 4.21 Å². The molecule has 0 saturated carbocycles. The molecule has 4 nitrogen and oxygen atoms in total. The highest BCUT2D eigenvalue weighted by Crippen LogP contribution is 2.29. The summed E-state index contributed by atoms with van der Waals surface area (Å²) in [6, 6.07) is 1.62. The summed E-state index contributed by atoms with van der Waals surface area (Å²) < 4.78 is 27.5. The molecule has 110 valence electrons. The van der Waals surface area contributed by atoms with Crippen LogP contribution in [0, 0.1) is 12.8 Å². The SMILES string of the molecule is Cc1cc(S(=O)(=O)NCCC2CCNC2)sc1Cl.Cl. The highest BCUT2D eigenvalue weighted by atomic mass is 35.5. The highest BCUT2D eigenvalue weighted by Gasteiger charge is 2.19. The molecular formula is C11H18Cl2N2O2S2. The average molecular weight is 345 g/mol. The largest absolute Gasteiger partial charge is 0.316 e. The van der Waals surface area contributed by atoms with E-state index in [2.05, 4.69) is 10.0 Å². The van der Waals surface area contributed by atoms with Gasteiger partial charge in [0, 0.05) is 6.54 Å². The van der Waals surface area contributed by atoms with Crippen molar-refractivity contribution in [3.63, 3.8) is 0 Å². The van der Waals surface area contributed by atoms with Crippen molar-refractivity contribution in [1.29, 1.82) is 0 Å². The minimum atomic E-state index is -3.39. The van der Waals surface area contributed by atoms with Gasteiger partial charge in [0.05, 0.1) is 4.34 Å². The van der Waals surface area contributed by atoms with Gasteiger partial charge in [-0.05, 0) is 50.4 Å². The zero-order chi connectivity index (χ0) is 13.2. The van der Waals surface area contributed by atoms with Gasteiger partial charge in [-0.25, -0.2) is 13.1 Å². The highest BCUT2D eigenvalue weighted by molar-refractivity contribution is 7.91. The third kappa shape index (κ3) is 4.58. The number of nitrogens with one attached hydrogen (secondary N) is 2. The van der Waals surface area contributed by atoms with Crippen LogP contribution in [0.5, 0.6) is 0 Å². The average Bonchev–Trinajstić information content (AvgIpc) is 2.90. The lowest BCUT2D eigenvalue weighted by Crippen LogP contribution is -2.26. The summed E-state index contributed by atoms with van der Waals surface area (Å²) in [6.45, 7) is 4.33. The summed E-state index contributed by atoms with van der Waals surface area (Å²) in [6.07, 6.45) is 2.01. The molecule has 0 aromatic carbocycles. The maximum atomic E-state index is 12.0. The molecule has 8 heteroatoms. The number of hydrogen-bond acceptors (Lipinski definition) is 4. The molecule has 1 atom stereocenters. The molecule has 2 rings (SSSR count). The Morgan fingerprint density at radius 1 is 1.58 bits per heavy atom. The number of hydrogen-bond donors (Lipinski definition) is 2. The summed E-state index contributed by atoms with van der Waals surface area (Å²) in [4.78, 5) is 0. The van der Waals surface area contributed by atoms with Crippen molar-refractivity contribution >= 4 is 45.4 Å². The quantitative estimate of drug-likeness (QED) is 0.862. The third-order valence-electron chi connectivity index (χ3n) is 3.11. The van der Waals surface area contributed by atoms with E-state index in [0.29, 0.717) is 21.0 Å². The zero-order valence-corrected chi connectivity index (χ0v) is 13.8. The number of rotatable bonds is 5. The Morgan fingerprint density at radius 3 is 2.84 bits per heavy atom. The normalized spacial score (nSPS) is 19.4. The second-order valence-corrected chi connectivity index (χ2v) is 8.22. The first-order valence-electron chi connectivity index (χ1n) is 5.95. The van der Waals surface area contributed by atoms with Crippen molar-refractivity contribution in [3.8, 4) is 0 Å². The van der Waals surface area contributed by atoms with Gasteiger partial charge in [0.2, 0.25) is 10.0 Å². The fourth-order valence-electron chi connectivity index (χ4n) is 1.99. The topological polar surface area (TPSA) is 58.2 Å². The van der Waals surface area contributed by atoms with Gasteiger partial charge < -0.3 is 5.32 Å². The van der Waals surface area contributed by atoms with Crippen molar-refractivity contribution in [1.82, 2.24) is 10.0 Å².